The van der Waals surface area contributed by atoms with Crippen molar-refractivity contribution in [2.75, 3.05) is 12.4 Å². The fourth-order valence-electron chi connectivity index (χ4n) is 2.61. The van der Waals surface area contributed by atoms with Crippen LogP contribution in [-0.2, 0) is 11.2 Å². The molecular formula is C19H19ClN4O2. The lowest BCUT2D eigenvalue weighted by molar-refractivity contribution is -0.116. The summed E-state index contributed by atoms with van der Waals surface area (Å²) in [6.45, 7) is 0. The highest BCUT2D eigenvalue weighted by atomic mass is 35.5. The van der Waals surface area contributed by atoms with E-state index in [9.17, 15) is 4.79 Å². The average Bonchev–Trinajstić information content (AvgIpc) is 3.18. The molecule has 0 saturated carbocycles. The van der Waals surface area contributed by atoms with Crippen molar-refractivity contribution < 1.29 is 9.53 Å². The van der Waals surface area contributed by atoms with Gasteiger partial charge in [-0.2, -0.15) is 0 Å². The van der Waals surface area contributed by atoms with Crippen LogP contribution in [0.1, 0.15) is 18.4 Å². The molecule has 1 heterocycles. The molecule has 0 fully saturated rings. The SMILES string of the molecule is COc1ccc(-n2cnnc2)cc1NC(=O)CCCc1ccc(Cl)cc1. The van der Waals surface area contributed by atoms with Gasteiger partial charge in [0.2, 0.25) is 5.91 Å². The van der Waals surface area contributed by atoms with E-state index >= 15 is 0 Å². The molecule has 0 aliphatic rings. The summed E-state index contributed by atoms with van der Waals surface area (Å²) < 4.78 is 7.10. The molecule has 0 bridgehead atoms. The molecule has 0 spiro atoms. The quantitative estimate of drug-likeness (QED) is 0.685. The molecule has 0 aliphatic heterocycles. The number of hydrogen-bond acceptors (Lipinski definition) is 4. The Bertz CT molecular complexity index is 864. The van der Waals surface area contributed by atoms with Crippen LogP contribution in [0.25, 0.3) is 5.69 Å². The molecule has 1 N–H and O–H groups in total. The number of aryl methyl sites for hydroxylation is 1. The normalized spacial score (nSPS) is 10.5. The number of anilines is 1. The molecular weight excluding hydrogens is 352 g/mol. The minimum atomic E-state index is -0.0573. The second-order valence-electron chi connectivity index (χ2n) is 5.78. The van der Waals surface area contributed by atoms with Crippen LogP contribution in [0.3, 0.4) is 0 Å². The second kappa shape index (κ2) is 8.49. The molecule has 1 aromatic heterocycles. The number of carbonyl (C=O) groups excluding carboxylic acids is 1. The summed E-state index contributed by atoms with van der Waals surface area (Å²) in [6.07, 6.45) is 5.19. The summed E-state index contributed by atoms with van der Waals surface area (Å²) in [6, 6.07) is 13.2. The van der Waals surface area contributed by atoms with Gasteiger partial charge in [0.15, 0.2) is 0 Å². The van der Waals surface area contributed by atoms with Crippen LogP contribution in [0, 0.1) is 0 Å². The fraction of sp³-hybridized carbons (Fsp3) is 0.211. The molecule has 2 aromatic carbocycles. The maximum Gasteiger partial charge on any atom is 0.224 e. The average molecular weight is 371 g/mol. The number of amides is 1. The minimum Gasteiger partial charge on any atom is -0.495 e. The molecule has 26 heavy (non-hydrogen) atoms. The van der Waals surface area contributed by atoms with Gasteiger partial charge < -0.3 is 10.1 Å². The number of rotatable bonds is 7. The summed E-state index contributed by atoms with van der Waals surface area (Å²) in [5.74, 6) is 0.547. The zero-order chi connectivity index (χ0) is 18.4. The van der Waals surface area contributed by atoms with Crippen LogP contribution >= 0.6 is 11.6 Å². The summed E-state index contributed by atoms with van der Waals surface area (Å²) in [5.41, 5.74) is 2.62. The van der Waals surface area contributed by atoms with Gasteiger partial charge in [-0.15, -0.1) is 10.2 Å². The highest BCUT2D eigenvalue weighted by molar-refractivity contribution is 6.30. The van der Waals surface area contributed by atoms with Crippen LogP contribution in [-0.4, -0.2) is 27.8 Å². The smallest absolute Gasteiger partial charge is 0.224 e. The van der Waals surface area contributed by atoms with Gasteiger partial charge in [-0.1, -0.05) is 23.7 Å². The Hall–Kier alpha value is -2.86. The van der Waals surface area contributed by atoms with Crippen LogP contribution < -0.4 is 10.1 Å². The summed E-state index contributed by atoms with van der Waals surface area (Å²) >= 11 is 5.88. The zero-order valence-electron chi connectivity index (χ0n) is 14.4. The van der Waals surface area contributed by atoms with Gasteiger partial charge in [0.05, 0.1) is 18.5 Å². The van der Waals surface area contributed by atoms with Crippen LogP contribution in [0.4, 0.5) is 5.69 Å². The van der Waals surface area contributed by atoms with E-state index in [1.165, 1.54) is 0 Å². The largest absolute Gasteiger partial charge is 0.495 e. The van der Waals surface area contributed by atoms with Gasteiger partial charge >= 0.3 is 0 Å². The van der Waals surface area contributed by atoms with E-state index < -0.39 is 0 Å². The molecule has 0 unspecified atom stereocenters. The molecule has 0 saturated heterocycles. The monoisotopic (exact) mass is 370 g/mol. The van der Waals surface area contributed by atoms with Gasteiger partial charge in [-0.3, -0.25) is 9.36 Å². The number of halogens is 1. The van der Waals surface area contributed by atoms with Crippen LogP contribution in [0.2, 0.25) is 5.02 Å². The highest BCUT2D eigenvalue weighted by Gasteiger charge is 2.10. The Morgan fingerprint density at radius 1 is 1.15 bits per heavy atom. The van der Waals surface area contributed by atoms with Gasteiger partial charge in [0.25, 0.3) is 0 Å². The van der Waals surface area contributed by atoms with Crippen molar-refractivity contribution in [3.8, 4) is 11.4 Å². The molecule has 6 nitrogen and oxygen atoms in total. The molecule has 1 amide bonds. The summed E-state index contributed by atoms with van der Waals surface area (Å²) in [5, 5.41) is 11.2. The third-order valence-corrected chi connectivity index (χ3v) is 4.21. The maximum atomic E-state index is 12.3. The van der Waals surface area contributed by atoms with Gasteiger partial charge in [-0.25, -0.2) is 0 Å². The van der Waals surface area contributed by atoms with Gasteiger partial charge in [0, 0.05) is 11.4 Å². The number of nitrogens with zero attached hydrogens (tertiary/aromatic N) is 3. The Kier molecular flexibility index (Phi) is 5.86. The van der Waals surface area contributed by atoms with E-state index in [-0.39, 0.29) is 5.91 Å². The van der Waals surface area contributed by atoms with Crippen molar-refractivity contribution in [2.24, 2.45) is 0 Å². The summed E-state index contributed by atoms with van der Waals surface area (Å²) in [7, 11) is 1.57. The van der Waals surface area contributed by atoms with E-state index in [4.69, 9.17) is 16.3 Å². The lowest BCUT2D eigenvalue weighted by Crippen LogP contribution is -2.12. The molecule has 7 heteroatoms. The molecule has 3 aromatic rings. The number of aromatic nitrogens is 3. The number of carbonyl (C=O) groups is 1. The van der Waals surface area contributed by atoms with Gasteiger partial charge in [0.1, 0.15) is 18.4 Å². The lowest BCUT2D eigenvalue weighted by atomic mass is 10.1. The van der Waals surface area contributed by atoms with Crippen molar-refractivity contribution in [1.82, 2.24) is 14.8 Å². The fourth-order valence-corrected chi connectivity index (χ4v) is 2.73. The Labute approximate surface area is 156 Å². The molecule has 0 aliphatic carbocycles. The number of hydrogen-bond donors (Lipinski definition) is 1. The topological polar surface area (TPSA) is 69.0 Å². The molecule has 134 valence electrons. The third kappa shape index (κ3) is 4.61. The highest BCUT2D eigenvalue weighted by Crippen LogP contribution is 2.27. The molecule has 3 rings (SSSR count). The van der Waals surface area contributed by atoms with Crippen molar-refractivity contribution in [3.63, 3.8) is 0 Å². The first-order valence-corrected chi connectivity index (χ1v) is 8.61. The molecule has 0 atom stereocenters. The Balaban J connectivity index is 1.61. The van der Waals surface area contributed by atoms with Crippen molar-refractivity contribution >= 4 is 23.2 Å². The van der Waals surface area contributed by atoms with E-state index in [2.05, 4.69) is 15.5 Å². The zero-order valence-corrected chi connectivity index (χ0v) is 15.1. The standard InChI is InChI=1S/C19H19ClN4O2/c1-26-18-10-9-16(24-12-21-22-13-24)11-17(18)23-19(25)4-2-3-14-5-7-15(20)8-6-14/h5-13H,2-4H2,1H3,(H,23,25). The van der Waals surface area contributed by atoms with E-state index in [1.54, 1.807) is 30.4 Å². The predicted molar refractivity (Wildman–Crippen MR) is 101 cm³/mol. The second-order valence-corrected chi connectivity index (χ2v) is 6.22. The van der Waals surface area contributed by atoms with Crippen molar-refractivity contribution in [3.05, 3.63) is 65.7 Å². The Morgan fingerprint density at radius 3 is 2.58 bits per heavy atom. The van der Waals surface area contributed by atoms with Gasteiger partial charge in [-0.05, 0) is 48.7 Å². The first kappa shape index (κ1) is 17.9. The Morgan fingerprint density at radius 2 is 1.88 bits per heavy atom. The van der Waals surface area contributed by atoms with Crippen LogP contribution in [0.15, 0.2) is 55.1 Å². The van der Waals surface area contributed by atoms with E-state index in [1.807, 2.05) is 36.4 Å². The first-order valence-electron chi connectivity index (χ1n) is 8.23. The van der Waals surface area contributed by atoms with Crippen molar-refractivity contribution in [1.29, 1.82) is 0 Å². The lowest BCUT2D eigenvalue weighted by Gasteiger charge is -2.12. The number of nitrogens with one attached hydrogen (secondary N) is 1. The van der Waals surface area contributed by atoms with Crippen LogP contribution in [0.5, 0.6) is 5.75 Å². The predicted octanol–water partition coefficient (Wildman–Crippen LogP) is 3.89. The maximum absolute atomic E-state index is 12.3. The minimum absolute atomic E-state index is 0.0573. The number of benzene rings is 2. The van der Waals surface area contributed by atoms with Crippen molar-refractivity contribution in [2.45, 2.75) is 19.3 Å². The summed E-state index contributed by atoms with van der Waals surface area (Å²) in [4.78, 5) is 12.3. The third-order valence-electron chi connectivity index (χ3n) is 3.96. The van der Waals surface area contributed by atoms with E-state index in [0.29, 0.717) is 22.9 Å². The number of methoxy groups -OCH3 is 1. The molecule has 0 radical (unpaired) electrons. The first-order chi connectivity index (χ1) is 12.7. The number of ether oxygens (including phenoxy) is 1. The van der Waals surface area contributed by atoms with E-state index in [0.717, 1.165) is 24.1 Å².